The second-order valence-corrected chi connectivity index (χ2v) is 30.0. The largest absolute Gasteiger partial charge is 0.387 e. The van der Waals surface area contributed by atoms with Crippen molar-refractivity contribution in [1.82, 2.24) is 19.9 Å². The predicted molar refractivity (Wildman–Crippen MR) is 459 cm³/mol. The maximum absolute atomic E-state index is 9.10. The maximum Gasteiger partial charge on any atom is 0.224 e. The second kappa shape index (κ2) is 32.0. The molecule has 10 heteroatoms. The van der Waals surface area contributed by atoms with Crippen LogP contribution in [0, 0.1) is 0 Å². The number of hydrogen-bond acceptors (Lipinski definition) is 8. The van der Waals surface area contributed by atoms with Crippen molar-refractivity contribution in [2.45, 2.75) is 38.9 Å². The minimum absolute atomic E-state index is 0.294. The third kappa shape index (κ3) is 16.3. The Kier molecular flexibility index (Phi) is 21.2. The lowest BCUT2D eigenvalue weighted by atomic mass is 9.90. The predicted octanol–water partition coefficient (Wildman–Crippen LogP) is 25.7. The molecule has 14 aromatic carbocycles. The smallest absolute Gasteiger partial charge is 0.224 e. The molecule has 0 bridgehead atoms. The highest BCUT2D eigenvalue weighted by Crippen LogP contribution is 2.42. The number of halogens is 1. The van der Waals surface area contributed by atoms with Crippen molar-refractivity contribution >= 4 is 88.2 Å². The van der Waals surface area contributed by atoms with Crippen molar-refractivity contribution in [2.24, 2.45) is 0 Å². The quantitative estimate of drug-likeness (QED) is 0.0935. The van der Waals surface area contributed by atoms with Crippen LogP contribution in [0.5, 0.6) is 0 Å². The maximum atomic E-state index is 9.10. The van der Waals surface area contributed by atoms with Crippen molar-refractivity contribution in [1.29, 1.82) is 0 Å². The van der Waals surface area contributed by atoms with Crippen LogP contribution in [-0.2, 0) is 0 Å². The molecule has 18 rings (SSSR count). The highest BCUT2D eigenvalue weighted by atomic mass is 35.5. The zero-order valence-electron chi connectivity index (χ0n) is 60.1. The van der Waals surface area contributed by atoms with Gasteiger partial charge in [-0.15, -0.1) is 22.7 Å². The standard InChI is InChI=1S/C46H30N2S.C30H21B.C16H9ClN2S.C6H14O2/c1-3-12-31(13-4-1)32-24-26-33(27-25-32)35-16-9-17-36(28-35)37-18-10-19-38(29-37)39-20-11-21-40(30-39)45-47-44(34-14-5-2-6-15-34)43-41-22-7-8-23-42(41)49-46(43)48-45;31-30-14-6-13-29(21-30)28-12-5-11-27(20-28)26-10-4-9-25(19-26)24-17-15-23(16-18-24)22-7-2-1-3-8-22;17-16-18-14(10-6-2-1-3-7-10)13-11-8-4-5-9-12(11)20-15(13)19-16;1-5(2,7)6(3,4)8/h1-30H;1-21H;1-9H;7-8H,1-4H3. The van der Waals surface area contributed by atoms with Gasteiger partial charge in [-0.05, 0) is 171 Å². The molecule has 0 fully saturated rings. The molecule has 4 heterocycles. The number of aliphatic hydroxyl groups is 2. The summed E-state index contributed by atoms with van der Waals surface area (Å²) in [6, 6.07) is 128. The fraction of sp³-hybridized carbons (Fsp3) is 0.0612. The number of aromatic nitrogens is 4. The summed E-state index contributed by atoms with van der Waals surface area (Å²) in [7, 11) is 5.98. The molecule has 0 unspecified atom stereocenters. The molecule has 18 aromatic rings. The summed E-state index contributed by atoms with van der Waals surface area (Å²) in [5.74, 6) is 0.738. The molecule has 4 aromatic heterocycles. The molecule has 0 aliphatic heterocycles. The summed E-state index contributed by atoms with van der Waals surface area (Å²) in [5.41, 5.74) is 22.9. The third-order valence-electron chi connectivity index (χ3n) is 19.5. The number of nitrogens with zero attached hydrogens (tertiary/aromatic N) is 4. The van der Waals surface area contributed by atoms with Gasteiger partial charge in [0.15, 0.2) is 5.82 Å². The van der Waals surface area contributed by atoms with Crippen LogP contribution in [0.1, 0.15) is 27.7 Å². The van der Waals surface area contributed by atoms with Gasteiger partial charge in [0.05, 0.1) is 22.6 Å². The zero-order chi connectivity index (χ0) is 74.1. The highest BCUT2D eigenvalue weighted by molar-refractivity contribution is 7.26. The number of fused-ring (bicyclic) bond motifs is 6. The van der Waals surface area contributed by atoms with E-state index in [0.29, 0.717) is 5.28 Å². The summed E-state index contributed by atoms with van der Waals surface area (Å²) in [6.07, 6.45) is 0. The Labute approximate surface area is 644 Å². The highest BCUT2D eigenvalue weighted by Gasteiger charge is 2.32. The van der Waals surface area contributed by atoms with Gasteiger partial charge in [-0.2, -0.15) is 0 Å². The molecule has 0 amide bonds. The number of benzene rings is 14. The minimum Gasteiger partial charge on any atom is -0.387 e. The van der Waals surface area contributed by atoms with E-state index in [1.54, 1.807) is 50.4 Å². The zero-order valence-corrected chi connectivity index (χ0v) is 62.5. The Morgan fingerprint density at radius 1 is 0.259 bits per heavy atom. The van der Waals surface area contributed by atoms with E-state index in [4.69, 9.17) is 39.6 Å². The van der Waals surface area contributed by atoms with Gasteiger partial charge >= 0.3 is 0 Å². The van der Waals surface area contributed by atoms with Crippen LogP contribution >= 0.6 is 34.3 Å². The first kappa shape index (κ1) is 71.6. The van der Waals surface area contributed by atoms with Crippen molar-refractivity contribution < 1.29 is 10.2 Å². The molecule has 0 saturated heterocycles. The SMILES string of the molecule is CC(C)(O)C(C)(C)O.Clc1nc(-c2ccccc2)c2c(n1)sc1ccccc12.[B]c1cccc(-c2cccc(-c3cccc(-c4ccc(-c5ccccc5)cc4)c3)c2)c1.c1ccc(-c2ccc(-c3cccc(-c4cccc(-c5cccc(-c6nc(-c7ccccc7)c7c(n6)sc6ccccc67)c5)c4)c3)cc2)cc1. The van der Waals surface area contributed by atoms with Gasteiger partial charge in [0.25, 0.3) is 0 Å². The molecule has 6 nitrogen and oxygen atoms in total. The topological polar surface area (TPSA) is 92.0 Å². The molecule has 0 atom stereocenters. The van der Waals surface area contributed by atoms with Crippen LogP contribution in [0.15, 0.2) is 364 Å². The normalized spacial score (nSPS) is 11.3. The van der Waals surface area contributed by atoms with E-state index < -0.39 is 11.2 Å². The summed E-state index contributed by atoms with van der Waals surface area (Å²) < 4.78 is 2.43. The van der Waals surface area contributed by atoms with Crippen LogP contribution in [0.25, 0.3) is 164 Å². The van der Waals surface area contributed by atoms with Crippen LogP contribution in [0.2, 0.25) is 5.28 Å². The second-order valence-electron chi connectivity index (χ2n) is 27.6. The number of hydrogen-bond donors (Lipinski definition) is 2. The molecule has 2 N–H and O–H groups in total. The van der Waals surface area contributed by atoms with Crippen molar-refractivity contribution in [3.8, 4) is 123 Å². The molecule has 0 spiro atoms. The van der Waals surface area contributed by atoms with Crippen molar-refractivity contribution in [3.05, 3.63) is 369 Å². The molecular formula is C98H74BClN4O2S2. The van der Waals surface area contributed by atoms with Gasteiger partial charge < -0.3 is 10.2 Å². The van der Waals surface area contributed by atoms with Crippen LogP contribution < -0.4 is 5.46 Å². The van der Waals surface area contributed by atoms with E-state index in [2.05, 4.69) is 301 Å². The molecule has 520 valence electrons. The van der Waals surface area contributed by atoms with Crippen LogP contribution in [0.4, 0.5) is 0 Å². The lowest BCUT2D eigenvalue weighted by Gasteiger charge is -2.31. The summed E-state index contributed by atoms with van der Waals surface area (Å²) >= 11 is 9.46. The Morgan fingerprint density at radius 3 is 0.880 bits per heavy atom. The van der Waals surface area contributed by atoms with Gasteiger partial charge in [0.1, 0.15) is 17.5 Å². The van der Waals surface area contributed by atoms with Gasteiger partial charge in [-0.3, -0.25) is 0 Å². The fourth-order valence-electron chi connectivity index (χ4n) is 13.0. The first-order chi connectivity index (χ1) is 52.6. The minimum atomic E-state index is -1.01. The van der Waals surface area contributed by atoms with Gasteiger partial charge in [-0.1, -0.05) is 327 Å². The number of thiophene rings is 2. The lowest BCUT2D eigenvalue weighted by molar-refractivity contribution is -0.107. The van der Waals surface area contributed by atoms with Crippen molar-refractivity contribution in [2.75, 3.05) is 0 Å². The first-order valence-corrected chi connectivity index (χ1v) is 37.9. The molecular weight excluding hydrogens is 1380 g/mol. The summed E-state index contributed by atoms with van der Waals surface area (Å²) in [5, 5.41) is 23.1. The molecule has 2 radical (unpaired) electrons. The van der Waals surface area contributed by atoms with Gasteiger partial charge in [0.2, 0.25) is 5.28 Å². The Hall–Kier alpha value is -12.0. The summed E-state index contributed by atoms with van der Waals surface area (Å²) in [6.45, 7) is 6.31. The first-order valence-electron chi connectivity index (χ1n) is 35.9. The summed E-state index contributed by atoms with van der Waals surface area (Å²) in [4.78, 5) is 21.1. The Bertz CT molecular complexity index is 6150. The molecule has 0 saturated carbocycles. The van der Waals surface area contributed by atoms with E-state index in [0.717, 1.165) is 76.5 Å². The van der Waals surface area contributed by atoms with E-state index in [9.17, 15) is 0 Å². The average molecular weight is 1450 g/mol. The number of rotatable bonds is 12. The van der Waals surface area contributed by atoms with Crippen LogP contribution in [-0.4, -0.2) is 49.2 Å². The molecule has 0 aliphatic carbocycles. The molecule has 0 aliphatic rings. The van der Waals surface area contributed by atoms with E-state index in [-0.39, 0.29) is 0 Å². The Balaban J connectivity index is 0.000000134. The van der Waals surface area contributed by atoms with Crippen molar-refractivity contribution in [3.63, 3.8) is 0 Å². The lowest BCUT2D eigenvalue weighted by Crippen LogP contribution is -2.44. The van der Waals surface area contributed by atoms with E-state index >= 15 is 0 Å². The van der Waals surface area contributed by atoms with E-state index in [1.165, 1.54) is 92.5 Å². The van der Waals surface area contributed by atoms with Gasteiger partial charge in [0, 0.05) is 47.6 Å². The van der Waals surface area contributed by atoms with Crippen LogP contribution in [0.3, 0.4) is 0 Å². The average Bonchev–Trinajstić information content (AvgIpc) is 1.59. The Morgan fingerprint density at radius 2 is 0.519 bits per heavy atom. The monoisotopic (exact) mass is 1450 g/mol. The molecule has 108 heavy (non-hydrogen) atoms. The van der Waals surface area contributed by atoms with E-state index in [1.807, 2.05) is 72.8 Å². The third-order valence-corrected chi connectivity index (χ3v) is 21.8. The fourth-order valence-corrected chi connectivity index (χ4v) is 15.4. The van der Waals surface area contributed by atoms with Gasteiger partial charge in [-0.25, -0.2) is 19.9 Å².